The molecular formula is C13H16N4. The number of nitrogens with zero attached hydrogens (tertiary/aromatic N) is 3. The molecule has 0 amide bonds. The van der Waals surface area contributed by atoms with Gasteiger partial charge in [-0.25, -0.2) is 4.98 Å². The number of nitrogens with two attached hydrogens (primary N) is 1. The number of anilines is 2. The van der Waals surface area contributed by atoms with E-state index in [2.05, 4.69) is 14.9 Å². The van der Waals surface area contributed by atoms with Crippen molar-refractivity contribution >= 4 is 11.5 Å². The molecule has 1 aromatic heterocycles. The lowest BCUT2D eigenvalue weighted by molar-refractivity contribution is 0.878. The van der Waals surface area contributed by atoms with E-state index in [1.807, 2.05) is 38.2 Å². The first-order valence-electron chi connectivity index (χ1n) is 5.50. The van der Waals surface area contributed by atoms with E-state index in [0.29, 0.717) is 0 Å². The molecule has 4 heteroatoms. The summed E-state index contributed by atoms with van der Waals surface area (Å²) in [5.74, 6) is 0.907. The van der Waals surface area contributed by atoms with Crippen molar-refractivity contribution in [3.05, 3.63) is 47.9 Å². The van der Waals surface area contributed by atoms with Gasteiger partial charge in [0.15, 0.2) is 0 Å². The van der Waals surface area contributed by atoms with Crippen LogP contribution in [0.4, 0.5) is 11.5 Å². The van der Waals surface area contributed by atoms with Crippen molar-refractivity contribution in [2.75, 3.05) is 17.7 Å². The van der Waals surface area contributed by atoms with Crippen LogP contribution in [-0.4, -0.2) is 17.0 Å². The minimum Gasteiger partial charge on any atom is -0.399 e. The first kappa shape index (κ1) is 11.4. The zero-order chi connectivity index (χ0) is 12.3. The van der Waals surface area contributed by atoms with Crippen LogP contribution in [0, 0.1) is 6.92 Å². The second kappa shape index (κ2) is 4.82. The van der Waals surface area contributed by atoms with E-state index < -0.39 is 0 Å². The smallest absolute Gasteiger partial charge is 0.150 e. The lowest BCUT2D eigenvalue weighted by Crippen LogP contribution is -2.19. The van der Waals surface area contributed by atoms with Crippen LogP contribution in [0.15, 0.2) is 36.7 Å². The minimum atomic E-state index is 0.784. The van der Waals surface area contributed by atoms with E-state index in [4.69, 9.17) is 5.73 Å². The molecule has 0 atom stereocenters. The summed E-state index contributed by atoms with van der Waals surface area (Å²) in [6.07, 6.45) is 3.41. The molecule has 2 N–H and O–H groups in total. The average Bonchev–Trinajstić information content (AvgIpc) is 2.32. The molecular weight excluding hydrogens is 212 g/mol. The predicted molar refractivity (Wildman–Crippen MR) is 69.7 cm³/mol. The maximum atomic E-state index is 5.66. The molecule has 17 heavy (non-hydrogen) atoms. The van der Waals surface area contributed by atoms with Gasteiger partial charge in [0.1, 0.15) is 5.82 Å². The zero-order valence-corrected chi connectivity index (χ0v) is 10.1. The van der Waals surface area contributed by atoms with Gasteiger partial charge in [-0.2, -0.15) is 0 Å². The summed E-state index contributed by atoms with van der Waals surface area (Å²) in [4.78, 5) is 10.6. The fourth-order valence-electron chi connectivity index (χ4n) is 1.75. The Hall–Kier alpha value is -2.10. The van der Waals surface area contributed by atoms with Gasteiger partial charge in [0.2, 0.25) is 0 Å². The molecule has 0 aliphatic rings. The fraction of sp³-hybridized carbons (Fsp3) is 0.231. The third-order valence-electron chi connectivity index (χ3n) is 2.62. The standard InChI is InChI=1S/C13H16N4/c1-10-13(16-8-7-15-10)17(2)9-11-3-5-12(14)6-4-11/h3-8H,9,14H2,1-2H3. The maximum Gasteiger partial charge on any atom is 0.150 e. The number of hydrogen-bond acceptors (Lipinski definition) is 4. The van der Waals surface area contributed by atoms with Gasteiger partial charge < -0.3 is 10.6 Å². The predicted octanol–water partition coefficient (Wildman–Crippen LogP) is 2.00. The highest BCUT2D eigenvalue weighted by Crippen LogP contribution is 2.15. The lowest BCUT2D eigenvalue weighted by atomic mass is 10.2. The van der Waals surface area contributed by atoms with Gasteiger partial charge >= 0.3 is 0 Å². The van der Waals surface area contributed by atoms with Crippen molar-refractivity contribution in [3.8, 4) is 0 Å². The molecule has 0 spiro atoms. The van der Waals surface area contributed by atoms with Gasteiger partial charge in [-0.1, -0.05) is 12.1 Å². The summed E-state index contributed by atoms with van der Waals surface area (Å²) in [6.45, 7) is 2.75. The van der Waals surface area contributed by atoms with Crippen molar-refractivity contribution in [1.29, 1.82) is 0 Å². The normalized spacial score (nSPS) is 10.2. The van der Waals surface area contributed by atoms with Crippen molar-refractivity contribution in [2.45, 2.75) is 13.5 Å². The Morgan fingerprint density at radius 3 is 2.41 bits per heavy atom. The molecule has 1 aromatic carbocycles. The van der Waals surface area contributed by atoms with Crippen LogP contribution in [0.1, 0.15) is 11.3 Å². The summed E-state index contributed by atoms with van der Waals surface area (Å²) in [5, 5.41) is 0. The van der Waals surface area contributed by atoms with Crippen molar-refractivity contribution in [2.24, 2.45) is 0 Å². The quantitative estimate of drug-likeness (QED) is 0.816. The largest absolute Gasteiger partial charge is 0.399 e. The van der Waals surface area contributed by atoms with Crippen molar-refractivity contribution in [3.63, 3.8) is 0 Å². The van der Waals surface area contributed by atoms with Gasteiger partial charge in [-0.15, -0.1) is 0 Å². The van der Waals surface area contributed by atoms with Crippen LogP contribution < -0.4 is 10.6 Å². The summed E-state index contributed by atoms with van der Waals surface area (Å²) in [5.41, 5.74) is 8.58. The summed E-state index contributed by atoms with van der Waals surface area (Å²) >= 11 is 0. The van der Waals surface area contributed by atoms with E-state index in [-0.39, 0.29) is 0 Å². The molecule has 2 aromatic rings. The van der Waals surface area contributed by atoms with Gasteiger partial charge in [0, 0.05) is 31.7 Å². The van der Waals surface area contributed by atoms with E-state index in [0.717, 1.165) is 23.7 Å². The molecule has 0 fully saturated rings. The average molecular weight is 228 g/mol. The fourth-order valence-corrected chi connectivity index (χ4v) is 1.75. The summed E-state index contributed by atoms with van der Waals surface area (Å²) < 4.78 is 0. The topological polar surface area (TPSA) is 55.0 Å². The Bertz CT molecular complexity index is 493. The van der Waals surface area contributed by atoms with E-state index >= 15 is 0 Å². The molecule has 0 saturated carbocycles. The molecule has 0 saturated heterocycles. The molecule has 0 radical (unpaired) electrons. The number of rotatable bonds is 3. The van der Waals surface area contributed by atoms with Gasteiger partial charge in [0.05, 0.1) is 5.69 Å². The maximum absolute atomic E-state index is 5.66. The van der Waals surface area contributed by atoms with Crippen LogP contribution in [-0.2, 0) is 6.54 Å². The van der Waals surface area contributed by atoms with Gasteiger partial charge in [0.25, 0.3) is 0 Å². The highest BCUT2D eigenvalue weighted by Gasteiger charge is 2.06. The van der Waals surface area contributed by atoms with Crippen LogP contribution >= 0.6 is 0 Å². The number of aromatic nitrogens is 2. The Balaban J connectivity index is 2.14. The molecule has 4 nitrogen and oxygen atoms in total. The Kier molecular flexibility index (Phi) is 3.23. The van der Waals surface area contributed by atoms with Crippen molar-refractivity contribution in [1.82, 2.24) is 9.97 Å². The third-order valence-corrected chi connectivity index (χ3v) is 2.62. The molecule has 0 bridgehead atoms. The van der Waals surface area contributed by atoms with Crippen LogP contribution in [0.25, 0.3) is 0 Å². The first-order chi connectivity index (χ1) is 8.16. The van der Waals surface area contributed by atoms with Gasteiger partial charge in [-0.05, 0) is 24.6 Å². The third kappa shape index (κ3) is 2.72. The Labute approximate surface area is 101 Å². The second-order valence-corrected chi connectivity index (χ2v) is 4.06. The van der Waals surface area contributed by atoms with Gasteiger partial charge in [-0.3, -0.25) is 4.98 Å². The number of nitrogen functional groups attached to an aromatic ring is 1. The number of aryl methyl sites for hydroxylation is 1. The number of benzene rings is 1. The Morgan fingerprint density at radius 1 is 1.12 bits per heavy atom. The first-order valence-corrected chi connectivity index (χ1v) is 5.50. The van der Waals surface area contributed by atoms with Crippen LogP contribution in [0.3, 0.4) is 0 Å². The monoisotopic (exact) mass is 228 g/mol. The molecule has 0 aliphatic heterocycles. The molecule has 1 heterocycles. The summed E-state index contributed by atoms with van der Waals surface area (Å²) in [6, 6.07) is 7.87. The van der Waals surface area contributed by atoms with E-state index in [1.165, 1.54) is 5.56 Å². The van der Waals surface area contributed by atoms with Crippen molar-refractivity contribution < 1.29 is 0 Å². The minimum absolute atomic E-state index is 0.784. The van der Waals surface area contributed by atoms with Crippen LogP contribution in [0.5, 0.6) is 0 Å². The second-order valence-electron chi connectivity index (χ2n) is 4.06. The Morgan fingerprint density at radius 2 is 1.76 bits per heavy atom. The van der Waals surface area contributed by atoms with E-state index in [1.54, 1.807) is 12.4 Å². The highest BCUT2D eigenvalue weighted by molar-refractivity contribution is 5.44. The summed E-state index contributed by atoms with van der Waals surface area (Å²) in [7, 11) is 2.01. The molecule has 0 unspecified atom stereocenters. The lowest BCUT2D eigenvalue weighted by Gasteiger charge is -2.19. The molecule has 0 aliphatic carbocycles. The molecule has 88 valence electrons. The SMILES string of the molecule is Cc1nccnc1N(C)Cc1ccc(N)cc1. The number of hydrogen-bond donors (Lipinski definition) is 1. The zero-order valence-electron chi connectivity index (χ0n) is 10.1. The molecule has 2 rings (SSSR count). The highest BCUT2D eigenvalue weighted by atomic mass is 15.2. The van der Waals surface area contributed by atoms with E-state index in [9.17, 15) is 0 Å². The van der Waals surface area contributed by atoms with Crippen LogP contribution in [0.2, 0.25) is 0 Å².